The summed E-state index contributed by atoms with van der Waals surface area (Å²) < 4.78 is 5.31. The third kappa shape index (κ3) is 10.1. The summed E-state index contributed by atoms with van der Waals surface area (Å²) in [5.41, 5.74) is 7.02. The van der Waals surface area contributed by atoms with Gasteiger partial charge in [-0.25, -0.2) is 4.99 Å². The van der Waals surface area contributed by atoms with Crippen molar-refractivity contribution in [1.29, 1.82) is 0 Å². The van der Waals surface area contributed by atoms with Crippen molar-refractivity contribution >= 4 is 29.9 Å². The first-order chi connectivity index (χ1) is 8.68. The van der Waals surface area contributed by atoms with Crippen LogP contribution >= 0.6 is 24.0 Å². The van der Waals surface area contributed by atoms with Gasteiger partial charge in [0.15, 0.2) is 5.96 Å². The van der Waals surface area contributed by atoms with Gasteiger partial charge in [-0.05, 0) is 26.8 Å². The molecule has 0 spiro atoms. The van der Waals surface area contributed by atoms with Crippen LogP contribution in [0.4, 0.5) is 0 Å². The lowest BCUT2D eigenvalue weighted by Gasteiger charge is -2.26. The van der Waals surface area contributed by atoms with E-state index in [2.05, 4.69) is 35.1 Å². The van der Waals surface area contributed by atoms with Crippen molar-refractivity contribution in [3.05, 3.63) is 11.6 Å². The number of aliphatic imine (C=N–C) groups is 1. The quantitative estimate of drug-likeness (QED) is 0.238. The fourth-order valence-electron chi connectivity index (χ4n) is 1.73. The van der Waals surface area contributed by atoms with Crippen LogP contribution < -0.4 is 11.1 Å². The van der Waals surface area contributed by atoms with Crippen molar-refractivity contribution in [3.63, 3.8) is 0 Å². The number of nitrogens with zero attached hydrogens (tertiary/aromatic N) is 2. The van der Waals surface area contributed by atoms with Gasteiger partial charge in [-0.2, -0.15) is 0 Å². The molecule has 1 fully saturated rings. The molecule has 5 nitrogen and oxygen atoms in total. The van der Waals surface area contributed by atoms with Crippen LogP contribution in [0.1, 0.15) is 20.3 Å². The Labute approximate surface area is 133 Å². The Morgan fingerprint density at radius 2 is 2.05 bits per heavy atom. The maximum atomic E-state index is 5.76. The molecule has 0 radical (unpaired) electrons. The number of nitrogens with one attached hydrogen (secondary N) is 1. The first-order valence-corrected chi connectivity index (χ1v) is 6.66. The number of halogens is 1. The van der Waals surface area contributed by atoms with Gasteiger partial charge in [0.1, 0.15) is 0 Å². The summed E-state index contributed by atoms with van der Waals surface area (Å²) >= 11 is 0. The summed E-state index contributed by atoms with van der Waals surface area (Å²) in [5, 5.41) is 3.14. The number of guanidine groups is 1. The fourth-order valence-corrected chi connectivity index (χ4v) is 1.73. The Bertz CT molecular complexity index is 284. The van der Waals surface area contributed by atoms with E-state index >= 15 is 0 Å². The van der Waals surface area contributed by atoms with Crippen LogP contribution in [0, 0.1) is 0 Å². The zero-order valence-corrected chi connectivity index (χ0v) is 14.4. The first-order valence-electron chi connectivity index (χ1n) is 6.66. The Hall–Kier alpha value is -0.340. The van der Waals surface area contributed by atoms with E-state index in [1.54, 1.807) is 0 Å². The molecule has 6 heteroatoms. The summed E-state index contributed by atoms with van der Waals surface area (Å²) in [4.78, 5) is 6.64. The fraction of sp³-hybridized carbons (Fsp3) is 0.769. The summed E-state index contributed by atoms with van der Waals surface area (Å²) in [7, 11) is 0. The van der Waals surface area contributed by atoms with Gasteiger partial charge >= 0.3 is 0 Å². The molecule has 0 aromatic heterocycles. The second-order valence-corrected chi connectivity index (χ2v) is 4.74. The molecule has 112 valence electrons. The van der Waals surface area contributed by atoms with E-state index in [0.717, 1.165) is 45.8 Å². The van der Waals surface area contributed by atoms with E-state index < -0.39 is 0 Å². The van der Waals surface area contributed by atoms with Crippen LogP contribution in [0.5, 0.6) is 0 Å². The van der Waals surface area contributed by atoms with Crippen molar-refractivity contribution < 1.29 is 4.74 Å². The monoisotopic (exact) mass is 382 g/mol. The molecule has 1 heterocycles. The normalized spacial score (nSPS) is 16.6. The van der Waals surface area contributed by atoms with Crippen LogP contribution in [-0.2, 0) is 4.74 Å². The predicted molar refractivity (Wildman–Crippen MR) is 91.2 cm³/mol. The first kappa shape index (κ1) is 18.7. The molecule has 1 aliphatic heterocycles. The average molecular weight is 382 g/mol. The van der Waals surface area contributed by atoms with Crippen molar-refractivity contribution in [1.82, 2.24) is 10.2 Å². The highest BCUT2D eigenvalue weighted by Crippen LogP contribution is 1.97. The molecule has 0 saturated carbocycles. The smallest absolute Gasteiger partial charge is 0.188 e. The van der Waals surface area contributed by atoms with E-state index in [4.69, 9.17) is 10.5 Å². The van der Waals surface area contributed by atoms with E-state index in [1.807, 2.05) is 0 Å². The topological polar surface area (TPSA) is 62.9 Å². The number of hydrogen-bond acceptors (Lipinski definition) is 3. The molecule has 0 aromatic carbocycles. The van der Waals surface area contributed by atoms with Crippen LogP contribution in [0.2, 0.25) is 0 Å². The number of rotatable bonds is 6. The van der Waals surface area contributed by atoms with E-state index in [-0.39, 0.29) is 24.0 Å². The SMILES string of the molecule is CC(C)=CCN=C(N)NCCCN1CCOCC1.I. The molecule has 1 saturated heterocycles. The molecule has 0 bridgehead atoms. The highest BCUT2D eigenvalue weighted by atomic mass is 127. The van der Waals surface area contributed by atoms with E-state index in [0.29, 0.717) is 12.5 Å². The van der Waals surface area contributed by atoms with Gasteiger partial charge in [0, 0.05) is 19.6 Å². The second-order valence-electron chi connectivity index (χ2n) is 4.74. The zero-order chi connectivity index (χ0) is 13.2. The molecule has 0 aromatic rings. The molecule has 0 aliphatic carbocycles. The Kier molecular flexibility index (Phi) is 11.3. The highest BCUT2D eigenvalue weighted by molar-refractivity contribution is 14.0. The van der Waals surface area contributed by atoms with Crippen molar-refractivity contribution in [2.75, 3.05) is 45.9 Å². The maximum Gasteiger partial charge on any atom is 0.188 e. The summed E-state index contributed by atoms with van der Waals surface area (Å²) in [6.07, 6.45) is 3.14. The number of hydrogen-bond donors (Lipinski definition) is 2. The van der Waals surface area contributed by atoms with Crippen LogP contribution in [0.15, 0.2) is 16.6 Å². The van der Waals surface area contributed by atoms with Crippen LogP contribution in [-0.4, -0.2) is 56.8 Å². The van der Waals surface area contributed by atoms with Crippen molar-refractivity contribution in [3.8, 4) is 0 Å². The van der Waals surface area contributed by atoms with Crippen LogP contribution in [0.25, 0.3) is 0 Å². The number of allylic oxidation sites excluding steroid dienone is 1. The van der Waals surface area contributed by atoms with Crippen molar-refractivity contribution in [2.24, 2.45) is 10.7 Å². The predicted octanol–water partition coefficient (Wildman–Crippen LogP) is 1.20. The second kappa shape index (κ2) is 11.5. The Morgan fingerprint density at radius 3 is 2.68 bits per heavy atom. The number of ether oxygens (including phenoxy) is 1. The van der Waals surface area contributed by atoms with Gasteiger partial charge in [-0.3, -0.25) is 4.90 Å². The minimum absolute atomic E-state index is 0. The molecule has 0 atom stereocenters. The van der Waals surface area contributed by atoms with Crippen LogP contribution in [0.3, 0.4) is 0 Å². The van der Waals surface area contributed by atoms with Gasteiger partial charge in [0.25, 0.3) is 0 Å². The lowest BCUT2D eigenvalue weighted by atomic mass is 10.3. The summed E-state index contributed by atoms with van der Waals surface area (Å²) in [5.74, 6) is 0.537. The van der Waals surface area contributed by atoms with Gasteiger partial charge in [0.2, 0.25) is 0 Å². The standard InChI is InChI=1S/C13H26N4O.HI/c1-12(2)4-6-16-13(14)15-5-3-7-17-8-10-18-11-9-17;/h4H,3,5-11H2,1-2H3,(H3,14,15,16);1H. The highest BCUT2D eigenvalue weighted by Gasteiger charge is 2.08. The summed E-state index contributed by atoms with van der Waals surface area (Å²) in [6.45, 7) is 10.6. The van der Waals surface area contributed by atoms with E-state index in [1.165, 1.54) is 5.57 Å². The molecule has 1 rings (SSSR count). The molecule has 0 amide bonds. The number of morpholine rings is 1. The van der Waals surface area contributed by atoms with Gasteiger partial charge < -0.3 is 15.8 Å². The molecule has 0 unspecified atom stereocenters. The lowest BCUT2D eigenvalue weighted by molar-refractivity contribution is 0.0376. The maximum absolute atomic E-state index is 5.76. The Morgan fingerprint density at radius 1 is 1.37 bits per heavy atom. The molecule has 1 aliphatic rings. The third-order valence-electron chi connectivity index (χ3n) is 2.82. The molecular weight excluding hydrogens is 355 g/mol. The summed E-state index contributed by atoms with van der Waals surface area (Å²) in [6, 6.07) is 0. The Balaban J connectivity index is 0.00000324. The van der Waals surface area contributed by atoms with E-state index in [9.17, 15) is 0 Å². The van der Waals surface area contributed by atoms with Gasteiger partial charge in [-0.1, -0.05) is 11.6 Å². The molecule has 3 N–H and O–H groups in total. The minimum Gasteiger partial charge on any atom is -0.379 e. The lowest BCUT2D eigenvalue weighted by Crippen LogP contribution is -2.39. The minimum atomic E-state index is 0. The largest absolute Gasteiger partial charge is 0.379 e. The zero-order valence-electron chi connectivity index (χ0n) is 12.0. The average Bonchev–Trinajstić information content (AvgIpc) is 2.35. The molecular formula is C13H27IN4O. The van der Waals surface area contributed by atoms with Gasteiger partial charge in [0.05, 0.1) is 19.8 Å². The number of nitrogens with two attached hydrogens (primary N) is 1. The van der Waals surface area contributed by atoms with Gasteiger partial charge in [-0.15, -0.1) is 24.0 Å². The third-order valence-corrected chi connectivity index (χ3v) is 2.82. The molecule has 19 heavy (non-hydrogen) atoms. The van der Waals surface area contributed by atoms with Crippen molar-refractivity contribution in [2.45, 2.75) is 20.3 Å².